The van der Waals surface area contributed by atoms with Gasteiger partial charge in [-0.3, -0.25) is 0 Å². The van der Waals surface area contributed by atoms with Gasteiger partial charge in [-0.1, -0.05) is 11.6 Å². The molecule has 90 valence electrons. The summed E-state index contributed by atoms with van der Waals surface area (Å²) in [7, 11) is 0. The number of halogens is 10. The van der Waals surface area contributed by atoms with E-state index in [1.54, 1.807) is 0 Å². The zero-order valence-corrected chi connectivity index (χ0v) is 7.04. The predicted molar refractivity (Wildman–Crippen MR) is 31.0 cm³/mol. The lowest BCUT2D eigenvalue weighted by molar-refractivity contribution is -0.263. The first-order chi connectivity index (χ1) is 6.32. The number of allylic oxidation sites excluding steroid dienone is 2. The van der Waals surface area contributed by atoms with Gasteiger partial charge in [-0.2, -0.15) is 35.1 Å². The van der Waals surface area contributed by atoms with Crippen LogP contribution in [0.15, 0.2) is 10.9 Å². The molecule has 0 bridgehead atoms. The first-order valence-corrected chi connectivity index (χ1v) is 3.27. The van der Waals surface area contributed by atoms with Crippen LogP contribution in [0.1, 0.15) is 0 Å². The fraction of sp³-hybridized carbons (Fsp3) is 0.600. The first-order valence-electron chi connectivity index (χ1n) is 2.89. The number of hydrogen-bond acceptors (Lipinski definition) is 0. The highest BCUT2D eigenvalue weighted by Gasteiger charge is 2.62. The van der Waals surface area contributed by atoms with E-state index in [-0.39, 0.29) is 0 Å². The van der Waals surface area contributed by atoms with Gasteiger partial charge in [0.15, 0.2) is 0 Å². The monoisotopic (exact) mass is 266 g/mol. The molecule has 10 heteroatoms. The van der Waals surface area contributed by atoms with Crippen LogP contribution in [0.2, 0.25) is 0 Å². The average molecular weight is 266 g/mol. The van der Waals surface area contributed by atoms with E-state index in [0.29, 0.717) is 0 Å². The smallest absolute Gasteiger partial charge is 0.200 e. The molecule has 0 aromatic carbocycles. The van der Waals surface area contributed by atoms with Crippen LogP contribution in [-0.4, -0.2) is 18.3 Å². The maximum absolute atomic E-state index is 12.1. The highest BCUT2D eigenvalue weighted by molar-refractivity contribution is 6.30. The third-order valence-corrected chi connectivity index (χ3v) is 1.48. The van der Waals surface area contributed by atoms with Crippen LogP contribution in [0.5, 0.6) is 0 Å². The second-order valence-electron chi connectivity index (χ2n) is 2.20. The van der Waals surface area contributed by atoms with Gasteiger partial charge in [0, 0.05) is 0 Å². The Labute approximate surface area is 81.3 Å². The van der Waals surface area contributed by atoms with Gasteiger partial charge in [-0.15, -0.1) is 0 Å². The Morgan fingerprint density at radius 1 is 0.800 bits per heavy atom. The van der Waals surface area contributed by atoms with Crippen molar-refractivity contribution in [3.63, 3.8) is 0 Å². The van der Waals surface area contributed by atoms with Gasteiger partial charge in [0.05, 0.1) is 0 Å². The summed E-state index contributed by atoms with van der Waals surface area (Å²) < 4.78 is 105. The molecule has 0 aromatic rings. The molecule has 0 amide bonds. The van der Waals surface area contributed by atoms with Gasteiger partial charge < -0.3 is 0 Å². The molecule has 0 aromatic heterocycles. The Morgan fingerprint density at radius 3 is 1.33 bits per heavy atom. The minimum Gasteiger partial charge on any atom is -0.200 e. The van der Waals surface area contributed by atoms with Crippen molar-refractivity contribution in [1.82, 2.24) is 0 Å². The second kappa shape index (κ2) is 3.76. The van der Waals surface area contributed by atoms with Crippen molar-refractivity contribution in [2.24, 2.45) is 0 Å². The lowest BCUT2D eigenvalue weighted by atomic mass is 10.2. The molecule has 0 N–H and O–H groups in total. The Morgan fingerprint density at radius 2 is 1.13 bits per heavy atom. The summed E-state index contributed by atoms with van der Waals surface area (Å²) in [6.45, 7) is 0. The molecule has 0 heterocycles. The molecule has 0 spiro atoms. The predicted octanol–water partition coefficient (Wildman–Crippen LogP) is 4.17. The standard InChI is InChI=1S/C5ClF9/c6-1(2(7)4(10,11)12)3(8,9)5(13,14)15/b2-1-. The fourth-order valence-corrected chi connectivity index (χ4v) is 0.601. The van der Waals surface area contributed by atoms with E-state index in [1.807, 2.05) is 0 Å². The molecule has 0 saturated carbocycles. The van der Waals surface area contributed by atoms with E-state index in [2.05, 4.69) is 11.6 Å². The van der Waals surface area contributed by atoms with E-state index in [0.717, 1.165) is 0 Å². The molecule has 0 saturated heterocycles. The van der Waals surface area contributed by atoms with Gasteiger partial charge in [-0.05, 0) is 0 Å². The Kier molecular flexibility index (Phi) is 3.61. The van der Waals surface area contributed by atoms with Crippen LogP contribution in [0.4, 0.5) is 39.5 Å². The minimum absolute atomic E-state index is 3.23. The van der Waals surface area contributed by atoms with Crippen LogP contribution >= 0.6 is 11.6 Å². The van der Waals surface area contributed by atoms with E-state index >= 15 is 0 Å². The van der Waals surface area contributed by atoms with Gasteiger partial charge in [-0.25, -0.2) is 4.39 Å². The van der Waals surface area contributed by atoms with Crippen molar-refractivity contribution < 1.29 is 39.5 Å². The molecular formula is C5ClF9. The Hall–Kier alpha value is -0.600. The van der Waals surface area contributed by atoms with Crippen LogP contribution in [0.25, 0.3) is 0 Å². The van der Waals surface area contributed by atoms with Crippen molar-refractivity contribution in [3.8, 4) is 0 Å². The van der Waals surface area contributed by atoms with Gasteiger partial charge in [0.25, 0.3) is 0 Å². The highest BCUT2D eigenvalue weighted by Crippen LogP contribution is 2.46. The first kappa shape index (κ1) is 14.4. The van der Waals surface area contributed by atoms with E-state index in [4.69, 9.17) is 0 Å². The van der Waals surface area contributed by atoms with Crippen molar-refractivity contribution in [1.29, 1.82) is 0 Å². The maximum atomic E-state index is 12.1. The molecule has 0 aliphatic heterocycles. The Bertz CT molecular complexity index is 269. The average Bonchev–Trinajstić information content (AvgIpc) is 1.97. The zero-order valence-electron chi connectivity index (χ0n) is 6.28. The molecule has 15 heavy (non-hydrogen) atoms. The van der Waals surface area contributed by atoms with Gasteiger partial charge >= 0.3 is 18.3 Å². The largest absolute Gasteiger partial charge is 0.459 e. The third kappa shape index (κ3) is 2.93. The molecule has 0 unspecified atom stereocenters. The van der Waals surface area contributed by atoms with E-state index < -0.39 is 29.1 Å². The van der Waals surface area contributed by atoms with Crippen LogP contribution < -0.4 is 0 Å². The fourth-order valence-electron chi connectivity index (χ4n) is 0.387. The third-order valence-electron chi connectivity index (χ3n) is 1.07. The summed E-state index contributed by atoms with van der Waals surface area (Å²) in [4.78, 5) is 0. The molecule has 0 aliphatic rings. The summed E-state index contributed by atoms with van der Waals surface area (Å²) >= 11 is 4.01. The van der Waals surface area contributed by atoms with Gasteiger partial charge in [0.1, 0.15) is 5.03 Å². The summed E-state index contributed by atoms with van der Waals surface area (Å²) in [5.41, 5.74) is 0. The molecule has 0 atom stereocenters. The topological polar surface area (TPSA) is 0 Å². The minimum atomic E-state index is -6.40. The summed E-state index contributed by atoms with van der Waals surface area (Å²) in [6, 6.07) is 0. The SMILES string of the molecule is F/C(=C(\Cl)C(F)(F)C(F)(F)F)C(F)(F)F. The normalized spacial score (nSPS) is 16.4. The molecular weight excluding hydrogens is 266 g/mol. The summed E-state index contributed by atoms with van der Waals surface area (Å²) in [6.07, 6.45) is -12.4. The quantitative estimate of drug-likeness (QED) is 0.625. The van der Waals surface area contributed by atoms with Gasteiger partial charge in [0.2, 0.25) is 5.83 Å². The Balaban J connectivity index is 5.44. The van der Waals surface area contributed by atoms with Crippen molar-refractivity contribution in [3.05, 3.63) is 10.9 Å². The van der Waals surface area contributed by atoms with Crippen LogP contribution in [-0.2, 0) is 0 Å². The molecule has 0 aliphatic carbocycles. The summed E-state index contributed by atoms with van der Waals surface area (Å²) in [5, 5.41) is -3.23. The highest BCUT2D eigenvalue weighted by atomic mass is 35.5. The van der Waals surface area contributed by atoms with Crippen molar-refractivity contribution >= 4 is 11.6 Å². The molecule has 0 nitrogen and oxygen atoms in total. The molecule has 0 radical (unpaired) electrons. The van der Waals surface area contributed by atoms with Crippen LogP contribution in [0.3, 0.4) is 0 Å². The zero-order chi connectivity index (χ0) is 12.7. The molecule has 0 rings (SSSR count). The second-order valence-corrected chi connectivity index (χ2v) is 2.58. The van der Waals surface area contributed by atoms with Crippen molar-refractivity contribution in [2.45, 2.75) is 18.3 Å². The van der Waals surface area contributed by atoms with E-state index in [9.17, 15) is 39.5 Å². The summed E-state index contributed by atoms with van der Waals surface area (Å²) in [5.74, 6) is -9.75. The number of hydrogen-bond donors (Lipinski definition) is 0. The maximum Gasteiger partial charge on any atom is 0.459 e. The lowest BCUT2D eigenvalue weighted by Crippen LogP contribution is -2.38. The molecule has 0 fully saturated rings. The number of rotatable bonds is 1. The van der Waals surface area contributed by atoms with E-state index in [1.165, 1.54) is 0 Å². The lowest BCUT2D eigenvalue weighted by Gasteiger charge is -2.19. The van der Waals surface area contributed by atoms with Crippen molar-refractivity contribution in [2.75, 3.05) is 0 Å². The van der Waals surface area contributed by atoms with Crippen LogP contribution in [0, 0.1) is 0 Å². The number of alkyl halides is 8.